The number of halogens is 1. The number of hydrogen-bond donors (Lipinski definition) is 1. The lowest BCUT2D eigenvalue weighted by molar-refractivity contribution is -0.140. The molecule has 2 amide bonds. The maximum absolute atomic E-state index is 14.2. The number of amides is 2. The molecule has 0 aliphatic heterocycles. The third kappa shape index (κ3) is 8.49. The van der Waals surface area contributed by atoms with E-state index in [9.17, 15) is 18.0 Å². The molecule has 10 heteroatoms. The van der Waals surface area contributed by atoms with Gasteiger partial charge in [0.2, 0.25) is 11.8 Å². The molecular weight excluding hydrogens is 574 g/mol. The average Bonchev–Trinajstić information content (AvgIpc) is 2.96. The largest absolute Gasteiger partial charge is 0.494 e. The number of ether oxygens (including phenoxy) is 1. The molecule has 0 aliphatic rings. The van der Waals surface area contributed by atoms with Gasteiger partial charge in [-0.1, -0.05) is 56.6 Å². The number of carbonyl (C=O) groups is 2. The standard InChI is InChI=1S/C32H40ClN3O5S/c1-6-30(32(38)34-20-23(3)4)35(21-25-11-9-8-10-24(25)5)31(37)22-36(27-14-16-28(17-15-27)41-7-2)42(39,40)29-18-12-26(33)13-19-29/h8-19,23,30H,6-7,20-22H2,1-5H3,(H,34,38). The Morgan fingerprint density at radius 3 is 2.17 bits per heavy atom. The summed E-state index contributed by atoms with van der Waals surface area (Å²) in [6.07, 6.45) is 0.356. The van der Waals surface area contributed by atoms with E-state index in [4.69, 9.17) is 16.3 Å². The smallest absolute Gasteiger partial charge is 0.264 e. The van der Waals surface area contributed by atoms with Crippen molar-refractivity contribution in [2.75, 3.05) is 24.0 Å². The molecule has 0 fully saturated rings. The third-order valence-electron chi connectivity index (χ3n) is 6.79. The van der Waals surface area contributed by atoms with E-state index >= 15 is 0 Å². The number of rotatable bonds is 14. The van der Waals surface area contributed by atoms with Crippen LogP contribution in [0, 0.1) is 12.8 Å². The Balaban J connectivity index is 2.06. The highest BCUT2D eigenvalue weighted by Gasteiger charge is 2.34. The quantitative estimate of drug-likeness (QED) is 0.247. The molecule has 3 aromatic carbocycles. The van der Waals surface area contributed by atoms with Crippen LogP contribution in [0.4, 0.5) is 5.69 Å². The Bertz CT molecular complexity index is 1440. The van der Waals surface area contributed by atoms with Gasteiger partial charge in [0, 0.05) is 18.1 Å². The Hall–Kier alpha value is -3.56. The minimum absolute atomic E-state index is 0.0132. The normalized spacial score (nSPS) is 12.1. The molecule has 1 atom stereocenters. The number of sulfonamides is 1. The summed E-state index contributed by atoms with van der Waals surface area (Å²) in [6, 6.07) is 19.1. The minimum Gasteiger partial charge on any atom is -0.494 e. The second-order valence-corrected chi connectivity index (χ2v) is 12.7. The van der Waals surface area contributed by atoms with E-state index in [1.807, 2.05) is 58.9 Å². The molecule has 0 radical (unpaired) electrons. The number of benzene rings is 3. The molecule has 0 spiro atoms. The van der Waals surface area contributed by atoms with E-state index in [0.29, 0.717) is 30.3 Å². The summed E-state index contributed by atoms with van der Waals surface area (Å²) in [4.78, 5) is 29.0. The number of nitrogens with zero attached hydrogens (tertiary/aromatic N) is 2. The molecule has 226 valence electrons. The van der Waals surface area contributed by atoms with Crippen LogP contribution in [0.1, 0.15) is 45.2 Å². The van der Waals surface area contributed by atoms with E-state index in [1.165, 1.54) is 29.2 Å². The molecule has 0 saturated carbocycles. The van der Waals surface area contributed by atoms with Crippen molar-refractivity contribution in [1.82, 2.24) is 10.2 Å². The van der Waals surface area contributed by atoms with Gasteiger partial charge in [-0.2, -0.15) is 0 Å². The van der Waals surface area contributed by atoms with E-state index < -0.39 is 28.5 Å². The summed E-state index contributed by atoms with van der Waals surface area (Å²) in [6.45, 7) is 10.2. The Labute approximate surface area is 254 Å². The highest BCUT2D eigenvalue weighted by Crippen LogP contribution is 2.27. The van der Waals surface area contributed by atoms with E-state index in [2.05, 4.69) is 5.32 Å². The summed E-state index contributed by atoms with van der Waals surface area (Å²) < 4.78 is 34.6. The van der Waals surface area contributed by atoms with Gasteiger partial charge in [0.15, 0.2) is 0 Å². The Morgan fingerprint density at radius 1 is 0.952 bits per heavy atom. The van der Waals surface area contributed by atoms with Crippen molar-refractivity contribution in [1.29, 1.82) is 0 Å². The molecule has 0 aliphatic carbocycles. The molecule has 1 N–H and O–H groups in total. The molecule has 3 aromatic rings. The van der Waals surface area contributed by atoms with Crippen LogP contribution < -0.4 is 14.4 Å². The van der Waals surface area contributed by atoms with Crippen LogP contribution in [-0.4, -0.2) is 50.9 Å². The first-order valence-electron chi connectivity index (χ1n) is 14.1. The number of anilines is 1. The van der Waals surface area contributed by atoms with Crippen molar-refractivity contribution < 1.29 is 22.7 Å². The molecular formula is C32H40ClN3O5S. The summed E-state index contributed by atoms with van der Waals surface area (Å²) in [5, 5.41) is 3.33. The van der Waals surface area contributed by atoms with Crippen LogP contribution in [0.3, 0.4) is 0 Å². The fourth-order valence-electron chi connectivity index (χ4n) is 4.45. The van der Waals surface area contributed by atoms with Crippen LogP contribution in [0.5, 0.6) is 5.75 Å². The van der Waals surface area contributed by atoms with Crippen LogP contribution >= 0.6 is 11.6 Å². The van der Waals surface area contributed by atoms with Gasteiger partial charge < -0.3 is 15.0 Å². The van der Waals surface area contributed by atoms with Crippen molar-refractivity contribution in [3.63, 3.8) is 0 Å². The zero-order valence-electron chi connectivity index (χ0n) is 24.8. The predicted molar refractivity (Wildman–Crippen MR) is 167 cm³/mol. The predicted octanol–water partition coefficient (Wildman–Crippen LogP) is 5.82. The van der Waals surface area contributed by atoms with Crippen molar-refractivity contribution in [2.45, 2.75) is 58.5 Å². The number of hydrogen-bond acceptors (Lipinski definition) is 5. The molecule has 0 heterocycles. The van der Waals surface area contributed by atoms with Gasteiger partial charge in [0.1, 0.15) is 18.3 Å². The van der Waals surface area contributed by atoms with Crippen molar-refractivity contribution in [3.8, 4) is 5.75 Å². The topological polar surface area (TPSA) is 96.0 Å². The first-order chi connectivity index (χ1) is 20.0. The van der Waals surface area contributed by atoms with Gasteiger partial charge in [-0.3, -0.25) is 13.9 Å². The number of aryl methyl sites for hydroxylation is 1. The minimum atomic E-state index is -4.19. The maximum Gasteiger partial charge on any atom is 0.264 e. The zero-order valence-corrected chi connectivity index (χ0v) is 26.4. The third-order valence-corrected chi connectivity index (χ3v) is 8.83. The summed E-state index contributed by atoms with van der Waals surface area (Å²) in [7, 11) is -4.19. The lowest BCUT2D eigenvalue weighted by atomic mass is 10.1. The summed E-state index contributed by atoms with van der Waals surface area (Å²) >= 11 is 6.03. The van der Waals surface area contributed by atoms with Gasteiger partial charge in [-0.25, -0.2) is 8.42 Å². The van der Waals surface area contributed by atoms with Crippen LogP contribution in [0.2, 0.25) is 5.02 Å². The number of nitrogens with one attached hydrogen (secondary N) is 1. The van der Waals surface area contributed by atoms with Gasteiger partial charge in [-0.15, -0.1) is 0 Å². The highest BCUT2D eigenvalue weighted by atomic mass is 35.5. The highest BCUT2D eigenvalue weighted by molar-refractivity contribution is 7.92. The van der Waals surface area contributed by atoms with Crippen LogP contribution in [-0.2, 0) is 26.2 Å². The lowest BCUT2D eigenvalue weighted by Crippen LogP contribution is -2.52. The van der Waals surface area contributed by atoms with E-state index in [0.717, 1.165) is 15.4 Å². The van der Waals surface area contributed by atoms with Crippen molar-refractivity contribution in [2.24, 2.45) is 5.92 Å². The summed E-state index contributed by atoms with van der Waals surface area (Å²) in [5.74, 6) is 0.0228. The SMILES string of the molecule is CCOc1ccc(N(CC(=O)N(Cc2ccccc2C)C(CC)C(=O)NCC(C)C)S(=O)(=O)c2ccc(Cl)cc2)cc1. The summed E-state index contributed by atoms with van der Waals surface area (Å²) in [5.41, 5.74) is 2.12. The molecule has 0 bridgehead atoms. The monoisotopic (exact) mass is 613 g/mol. The van der Waals surface area contributed by atoms with Gasteiger partial charge >= 0.3 is 0 Å². The van der Waals surface area contributed by atoms with E-state index in [1.54, 1.807) is 24.3 Å². The average molecular weight is 614 g/mol. The Kier molecular flexibility index (Phi) is 11.8. The zero-order chi connectivity index (χ0) is 30.9. The van der Waals surface area contributed by atoms with Crippen molar-refractivity contribution >= 4 is 39.1 Å². The van der Waals surface area contributed by atoms with Gasteiger partial charge in [0.25, 0.3) is 10.0 Å². The van der Waals surface area contributed by atoms with Crippen molar-refractivity contribution in [3.05, 3.63) is 88.9 Å². The molecule has 3 rings (SSSR count). The maximum atomic E-state index is 14.2. The molecule has 1 unspecified atom stereocenters. The number of carbonyl (C=O) groups excluding carboxylic acids is 2. The lowest BCUT2D eigenvalue weighted by Gasteiger charge is -2.33. The van der Waals surface area contributed by atoms with Gasteiger partial charge in [0.05, 0.1) is 17.2 Å². The molecule has 0 saturated heterocycles. The fourth-order valence-corrected chi connectivity index (χ4v) is 5.99. The molecule has 0 aromatic heterocycles. The molecule has 42 heavy (non-hydrogen) atoms. The Morgan fingerprint density at radius 2 is 1.60 bits per heavy atom. The van der Waals surface area contributed by atoms with Crippen LogP contribution in [0.15, 0.2) is 77.7 Å². The van der Waals surface area contributed by atoms with Crippen LogP contribution in [0.25, 0.3) is 0 Å². The first kappa shape index (κ1) is 32.9. The van der Waals surface area contributed by atoms with E-state index in [-0.39, 0.29) is 29.0 Å². The first-order valence-corrected chi connectivity index (χ1v) is 15.9. The van der Waals surface area contributed by atoms with Gasteiger partial charge in [-0.05, 0) is 85.8 Å². The second-order valence-electron chi connectivity index (χ2n) is 10.4. The second kappa shape index (κ2) is 15.1. The molecule has 8 nitrogen and oxygen atoms in total. The fraction of sp³-hybridized carbons (Fsp3) is 0.375.